The van der Waals surface area contributed by atoms with Crippen LogP contribution in [0.15, 0.2) is 18.5 Å². The van der Waals surface area contributed by atoms with E-state index >= 15 is 0 Å². The molecular formula is C19H19F2N7O. The first-order valence-corrected chi connectivity index (χ1v) is 9.30. The molecule has 1 fully saturated rings. The van der Waals surface area contributed by atoms with Crippen molar-refractivity contribution in [2.45, 2.75) is 31.7 Å². The molecule has 2 aromatic rings. The van der Waals surface area contributed by atoms with Gasteiger partial charge in [-0.1, -0.05) is 0 Å². The molecule has 0 radical (unpaired) electrons. The number of carbonyl (C=O) groups excluding carboxylic acids is 1. The van der Waals surface area contributed by atoms with E-state index in [1.54, 1.807) is 6.07 Å². The largest absolute Gasteiger partial charge is 0.354 e. The molecule has 2 N–H and O–H groups in total. The zero-order valence-corrected chi connectivity index (χ0v) is 15.7. The minimum atomic E-state index is -2.75. The topological polar surface area (TPSA) is 107 Å². The molecule has 2 atom stereocenters. The fraction of sp³-hybridized carbons (Fsp3) is 0.421. The molecule has 0 saturated carbocycles. The van der Waals surface area contributed by atoms with Gasteiger partial charge in [0, 0.05) is 37.7 Å². The van der Waals surface area contributed by atoms with Crippen LogP contribution in [0.2, 0.25) is 0 Å². The van der Waals surface area contributed by atoms with Gasteiger partial charge in [0.05, 0.1) is 28.9 Å². The normalized spacial score (nSPS) is 21.5. The van der Waals surface area contributed by atoms with Crippen molar-refractivity contribution in [1.29, 1.82) is 5.26 Å². The Bertz CT molecular complexity index is 991. The van der Waals surface area contributed by atoms with Crippen LogP contribution in [-0.4, -0.2) is 53.0 Å². The Balaban J connectivity index is 1.83. The Hall–Kier alpha value is -3.19. The fourth-order valence-electron chi connectivity index (χ4n) is 3.75. The summed E-state index contributed by atoms with van der Waals surface area (Å²) < 4.78 is 27.4. The minimum Gasteiger partial charge on any atom is -0.354 e. The van der Waals surface area contributed by atoms with Crippen LogP contribution in [0.5, 0.6) is 0 Å². The van der Waals surface area contributed by atoms with Gasteiger partial charge in [0.25, 0.3) is 0 Å². The third kappa shape index (κ3) is 3.73. The van der Waals surface area contributed by atoms with E-state index in [2.05, 4.69) is 38.6 Å². The summed E-state index contributed by atoms with van der Waals surface area (Å²) in [6.45, 7) is 4.25. The fourth-order valence-corrected chi connectivity index (χ4v) is 3.75. The van der Waals surface area contributed by atoms with E-state index in [1.165, 1.54) is 12.4 Å². The molecule has 0 aromatic carbocycles. The molecule has 8 nitrogen and oxygen atoms in total. The number of piperazine rings is 1. The highest BCUT2D eigenvalue weighted by molar-refractivity contribution is 5.95. The molecule has 1 amide bonds. The second kappa shape index (κ2) is 7.67. The molecule has 10 heteroatoms. The van der Waals surface area contributed by atoms with Crippen LogP contribution in [-0.2, 0) is 4.79 Å². The molecule has 2 aliphatic rings. The van der Waals surface area contributed by atoms with Gasteiger partial charge in [0.2, 0.25) is 12.3 Å². The molecule has 29 heavy (non-hydrogen) atoms. The van der Waals surface area contributed by atoms with Gasteiger partial charge in [-0.2, -0.15) is 5.26 Å². The third-order valence-corrected chi connectivity index (χ3v) is 5.10. The summed E-state index contributed by atoms with van der Waals surface area (Å²) in [6, 6.07) is 5.57. The minimum absolute atomic E-state index is 0.0676. The van der Waals surface area contributed by atoms with Crippen LogP contribution in [0, 0.1) is 11.3 Å². The Labute approximate surface area is 166 Å². The van der Waals surface area contributed by atoms with Crippen LogP contribution >= 0.6 is 0 Å². The number of aromatic nitrogens is 3. The highest BCUT2D eigenvalue weighted by Gasteiger charge is 2.36. The number of nitrogens with one attached hydrogen (secondary N) is 2. The number of hydrogen-bond donors (Lipinski definition) is 2. The predicted octanol–water partition coefficient (Wildman–Crippen LogP) is 1.90. The SMILES string of the molecule is C[C@H]1CN(c2cc(C#N)cc(-c3ncnc4c3[C@H](C(F)F)CC(=O)N4)n2)CCN1. The van der Waals surface area contributed by atoms with Crippen molar-refractivity contribution < 1.29 is 13.6 Å². The van der Waals surface area contributed by atoms with E-state index in [9.17, 15) is 18.8 Å². The third-order valence-electron chi connectivity index (χ3n) is 5.10. The van der Waals surface area contributed by atoms with E-state index in [1.807, 2.05) is 4.90 Å². The summed E-state index contributed by atoms with van der Waals surface area (Å²) in [4.78, 5) is 26.6. The van der Waals surface area contributed by atoms with Crippen molar-refractivity contribution in [2.75, 3.05) is 29.9 Å². The van der Waals surface area contributed by atoms with Crippen molar-refractivity contribution in [1.82, 2.24) is 20.3 Å². The molecule has 2 aliphatic heterocycles. The molecule has 4 rings (SSSR count). The number of pyridine rings is 1. The first-order chi connectivity index (χ1) is 14.0. The van der Waals surface area contributed by atoms with Gasteiger partial charge in [0.1, 0.15) is 18.0 Å². The Morgan fingerprint density at radius 3 is 2.90 bits per heavy atom. The maximum absolute atomic E-state index is 13.7. The zero-order valence-electron chi connectivity index (χ0n) is 15.7. The summed E-state index contributed by atoms with van der Waals surface area (Å²) in [5, 5.41) is 15.4. The first kappa shape index (κ1) is 19.1. The van der Waals surface area contributed by atoms with Gasteiger partial charge in [-0.3, -0.25) is 4.79 Å². The van der Waals surface area contributed by atoms with Gasteiger partial charge in [0.15, 0.2) is 0 Å². The maximum Gasteiger partial charge on any atom is 0.246 e. The Kier molecular flexibility index (Phi) is 5.07. The lowest BCUT2D eigenvalue weighted by molar-refractivity contribution is -0.117. The number of carbonyl (C=O) groups is 1. The second-order valence-corrected chi connectivity index (χ2v) is 7.19. The van der Waals surface area contributed by atoms with E-state index in [-0.39, 0.29) is 29.5 Å². The summed E-state index contributed by atoms with van der Waals surface area (Å²) in [5.74, 6) is -1.18. The number of anilines is 2. The monoisotopic (exact) mass is 399 g/mol. The number of amides is 1. The van der Waals surface area contributed by atoms with E-state index < -0.39 is 18.3 Å². The van der Waals surface area contributed by atoms with Crippen molar-refractivity contribution in [3.63, 3.8) is 0 Å². The molecule has 150 valence electrons. The lowest BCUT2D eigenvalue weighted by Crippen LogP contribution is -2.49. The summed E-state index contributed by atoms with van der Waals surface area (Å²) in [5.41, 5.74) is 1.04. The summed E-state index contributed by atoms with van der Waals surface area (Å²) in [6.07, 6.45) is -1.90. The smallest absolute Gasteiger partial charge is 0.246 e. The van der Waals surface area contributed by atoms with E-state index in [0.717, 1.165) is 6.54 Å². The second-order valence-electron chi connectivity index (χ2n) is 7.19. The lowest BCUT2D eigenvalue weighted by atomic mass is 9.90. The first-order valence-electron chi connectivity index (χ1n) is 9.30. The molecule has 0 bridgehead atoms. The molecule has 0 spiro atoms. The number of halogens is 2. The van der Waals surface area contributed by atoms with Crippen molar-refractivity contribution in [3.8, 4) is 17.5 Å². The van der Waals surface area contributed by atoms with Crippen LogP contribution in [0.4, 0.5) is 20.4 Å². The molecule has 0 aliphatic carbocycles. The predicted molar refractivity (Wildman–Crippen MR) is 102 cm³/mol. The van der Waals surface area contributed by atoms with Gasteiger partial charge in [-0.25, -0.2) is 23.7 Å². The number of nitrogens with zero attached hydrogens (tertiary/aromatic N) is 5. The van der Waals surface area contributed by atoms with Gasteiger partial charge in [-0.05, 0) is 19.1 Å². The maximum atomic E-state index is 13.7. The van der Waals surface area contributed by atoms with Crippen molar-refractivity contribution in [3.05, 3.63) is 29.6 Å². The zero-order chi connectivity index (χ0) is 20.5. The number of alkyl halides is 2. The summed E-state index contributed by atoms with van der Waals surface area (Å²) in [7, 11) is 0. The molecule has 1 saturated heterocycles. The molecule has 0 unspecified atom stereocenters. The average molecular weight is 399 g/mol. The number of rotatable bonds is 3. The summed E-state index contributed by atoms with van der Waals surface area (Å²) >= 11 is 0. The highest BCUT2D eigenvalue weighted by atomic mass is 19.3. The quantitative estimate of drug-likeness (QED) is 0.812. The van der Waals surface area contributed by atoms with Crippen molar-refractivity contribution in [2.24, 2.45) is 0 Å². The lowest BCUT2D eigenvalue weighted by Gasteiger charge is -2.33. The van der Waals surface area contributed by atoms with E-state index in [0.29, 0.717) is 30.2 Å². The highest BCUT2D eigenvalue weighted by Crippen LogP contribution is 2.40. The average Bonchev–Trinajstić information content (AvgIpc) is 2.72. The van der Waals surface area contributed by atoms with Crippen molar-refractivity contribution >= 4 is 17.5 Å². The number of fused-ring (bicyclic) bond motifs is 1. The van der Waals surface area contributed by atoms with Gasteiger partial charge in [-0.15, -0.1) is 0 Å². The Morgan fingerprint density at radius 2 is 2.17 bits per heavy atom. The molecule has 4 heterocycles. The Morgan fingerprint density at radius 1 is 1.34 bits per heavy atom. The van der Waals surface area contributed by atoms with Crippen LogP contribution in [0.25, 0.3) is 11.4 Å². The van der Waals surface area contributed by atoms with Crippen LogP contribution in [0.3, 0.4) is 0 Å². The standard InChI is InChI=1S/C19H19F2N7O/c1-10-8-28(3-2-23-10)14-5-11(7-22)4-13(26-14)17-16-12(18(20)21)6-15(29)27-19(16)25-9-24-17/h4-5,9-10,12,18,23H,2-3,6,8H2,1H3,(H,24,25,27,29)/t10-,12+/m0/s1. The van der Waals surface area contributed by atoms with Gasteiger partial charge >= 0.3 is 0 Å². The van der Waals surface area contributed by atoms with Crippen LogP contribution < -0.4 is 15.5 Å². The number of hydrogen-bond acceptors (Lipinski definition) is 7. The molecule has 2 aromatic heterocycles. The number of nitriles is 1. The van der Waals surface area contributed by atoms with Gasteiger partial charge < -0.3 is 15.5 Å². The molecular weight excluding hydrogens is 380 g/mol. The van der Waals surface area contributed by atoms with E-state index in [4.69, 9.17) is 0 Å². The van der Waals surface area contributed by atoms with Crippen LogP contribution in [0.1, 0.15) is 30.4 Å².